The van der Waals surface area contributed by atoms with Crippen LogP contribution in [0.3, 0.4) is 0 Å². The second-order valence-electron chi connectivity index (χ2n) is 3.98. The van der Waals surface area contributed by atoms with Crippen LogP contribution in [0.5, 0.6) is 0 Å². The Labute approximate surface area is 99.3 Å². The highest BCUT2D eigenvalue weighted by Crippen LogP contribution is 2.09. The highest BCUT2D eigenvalue weighted by atomic mass is 19.1. The zero-order chi connectivity index (χ0) is 12.4. The molecule has 0 radical (unpaired) electrons. The van der Waals surface area contributed by atoms with E-state index in [1.54, 1.807) is 22.9 Å². The second kappa shape index (κ2) is 4.53. The summed E-state index contributed by atoms with van der Waals surface area (Å²) in [6.45, 7) is 3.88. The summed E-state index contributed by atoms with van der Waals surface area (Å²) < 4.78 is 14.4. The number of rotatable bonds is 2. The maximum Gasteiger partial charge on any atom is 0.258 e. The number of halogens is 1. The number of aromatic nitrogens is 1. The summed E-state index contributed by atoms with van der Waals surface area (Å²) in [5, 5.41) is 0. The predicted molar refractivity (Wildman–Crippen MR) is 66.1 cm³/mol. The van der Waals surface area contributed by atoms with Crippen LogP contribution >= 0.6 is 0 Å². The van der Waals surface area contributed by atoms with Crippen LogP contribution in [0.25, 0.3) is 5.69 Å². The second-order valence-corrected chi connectivity index (χ2v) is 3.98. The number of nitrogens with zero attached hydrogens (tertiary/aromatic N) is 1. The molecule has 2 aromatic rings. The Hall–Kier alpha value is -1.90. The van der Waals surface area contributed by atoms with E-state index in [2.05, 4.69) is 0 Å². The van der Waals surface area contributed by atoms with Gasteiger partial charge in [0.05, 0.1) is 0 Å². The molecule has 17 heavy (non-hydrogen) atoms. The standard InChI is InChI=1S/C14H14FNO/c1-3-13-10(2)8-9-16(14(13)17)12-6-4-11(15)5-7-12/h4-9H,3H2,1-2H3. The van der Waals surface area contributed by atoms with Crippen LogP contribution in [0.1, 0.15) is 18.1 Å². The molecular formula is C14H14FNO. The fourth-order valence-corrected chi connectivity index (χ4v) is 1.90. The van der Waals surface area contributed by atoms with Crippen LogP contribution in [0.2, 0.25) is 0 Å². The van der Waals surface area contributed by atoms with E-state index in [1.807, 2.05) is 19.9 Å². The summed E-state index contributed by atoms with van der Waals surface area (Å²) in [5.41, 5.74) is 2.46. The van der Waals surface area contributed by atoms with Crippen molar-refractivity contribution in [3.63, 3.8) is 0 Å². The van der Waals surface area contributed by atoms with Crippen LogP contribution in [-0.2, 0) is 6.42 Å². The van der Waals surface area contributed by atoms with Gasteiger partial charge in [-0.15, -0.1) is 0 Å². The first kappa shape index (κ1) is 11.6. The SMILES string of the molecule is CCc1c(C)ccn(-c2ccc(F)cc2)c1=O. The molecule has 3 heteroatoms. The van der Waals surface area contributed by atoms with E-state index >= 15 is 0 Å². The van der Waals surface area contributed by atoms with Gasteiger partial charge in [-0.25, -0.2) is 4.39 Å². The topological polar surface area (TPSA) is 22.0 Å². The van der Waals surface area contributed by atoms with Crippen molar-refractivity contribution in [3.8, 4) is 5.69 Å². The van der Waals surface area contributed by atoms with Crippen LogP contribution in [0.15, 0.2) is 41.3 Å². The Bertz CT molecular complexity index is 584. The molecule has 88 valence electrons. The highest BCUT2D eigenvalue weighted by molar-refractivity contribution is 5.35. The van der Waals surface area contributed by atoms with Crippen molar-refractivity contribution in [1.82, 2.24) is 4.57 Å². The molecule has 0 N–H and O–H groups in total. The van der Waals surface area contributed by atoms with E-state index in [4.69, 9.17) is 0 Å². The van der Waals surface area contributed by atoms with Gasteiger partial charge in [0.25, 0.3) is 5.56 Å². The average Bonchev–Trinajstić information content (AvgIpc) is 2.31. The molecule has 0 saturated carbocycles. The number of benzene rings is 1. The molecule has 1 aromatic heterocycles. The Balaban J connectivity index is 2.61. The van der Waals surface area contributed by atoms with Crippen molar-refractivity contribution >= 4 is 0 Å². The molecule has 0 atom stereocenters. The van der Waals surface area contributed by atoms with Crippen LogP contribution in [0, 0.1) is 12.7 Å². The maximum absolute atomic E-state index is 12.8. The van der Waals surface area contributed by atoms with Crippen molar-refractivity contribution < 1.29 is 4.39 Å². The molecule has 0 aliphatic heterocycles. The molecular weight excluding hydrogens is 217 g/mol. The third-order valence-corrected chi connectivity index (χ3v) is 2.88. The van der Waals surface area contributed by atoms with Gasteiger partial charge in [0.15, 0.2) is 0 Å². The van der Waals surface area contributed by atoms with Gasteiger partial charge in [0, 0.05) is 17.4 Å². The summed E-state index contributed by atoms with van der Waals surface area (Å²) in [4.78, 5) is 12.2. The van der Waals surface area contributed by atoms with Gasteiger partial charge in [-0.05, 0) is 49.2 Å². The Morgan fingerprint density at radius 2 is 1.82 bits per heavy atom. The summed E-state index contributed by atoms with van der Waals surface area (Å²) >= 11 is 0. The number of pyridine rings is 1. The Morgan fingerprint density at radius 1 is 1.18 bits per heavy atom. The monoisotopic (exact) mass is 231 g/mol. The molecule has 0 saturated heterocycles. The molecule has 0 aliphatic carbocycles. The molecule has 0 spiro atoms. The minimum Gasteiger partial charge on any atom is -0.284 e. The van der Waals surface area contributed by atoms with Crippen molar-refractivity contribution in [2.75, 3.05) is 0 Å². The van der Waals surface area contributed by atoms with Gasteiger partial charge in [-0.2, -0.15) is 0 Å². The van der Waals surface area contributed by atoms with Crippen molar-refractivity contribution in [2.24, 2.45) is 0 Å². The minimum absolute atomic E-state index is 0.0286. The maximum atomic E-state index is 12.8. The largest absolute Gasteiger partial charge is 0.284 e. The minimum atomic E-state index is -0.301. The van der Waals surface area contributed by atoms with E-state index in [0.29, 0.717) is 12.1 Å². The molecule has 1 heterocycles. The fraction of sp³-hybridized carbons (Fsp3) is 0.214. The summed E-state index contributed by atoms with van der Waals surface area (Å²) in [6.07, 6.45) is 2.43. The number of hydrogen-bond acceptors (Lipinski definition) is 1. The lowest BCUT2D eigenvalue weighted by Crippen LogP contribution is -2.22. The van der Waals surface area contributed by atoms with E-state index in [0.717, 1.165) is 11.1 Å². The van der Waals surface area contributed by atoms with E-state index < -0.39 is 0 Å². The molecule has 0 amide bonds. The van der Waals surface area contributed by atoms with E-state index in [9.17, 15) is 9.18 Å². The smallest absolute Gasteiger partial charge is 0.258 e. The van der Waals surface area contributed by atoms with Crippen LogP contribution in [0.4, 0.5) is 4.39 Å². The zero-order valence-electron chi connectivity index (χ0n) is 9.90. The van der Waals surface area contributed by atoms with Gasteiger partial charge in [0.1, 0.15) is 5.82 Å². The summed E-state index contributed by atoms with van der Waals surface area (Å²) in [5.74, 6) is -0.301. The van der Waals surface area contributed by atoms with Gasteiger partial charge in [-0.3, -0.25) is 9.36 Å². The Kier molecular flexibility index (Phi) is 3.09. The highest BCUT2D eigenvalue weighted by Gasteiger charge is 2.06. The lowest BCUT2D eigenvalue weighted by Gasteiger charge is -2.09. The molecule has 0 fully saturated rings. The van der Waals surface area contributed by atoms with Crippen molar-refractivity contribution in [3.05, 3.63) is 63.8 Å². The third-order valence-electron chi connectivity index (χ3n) is 2.88. The molecule has 1 aromatic carbocycles. The first-order valence-corrected chi connectivity index (χ1v) is 5.60. The average molecular weight is 231 g/mol. The van der Waals surface area contributed by atoms with Gasteiger partial charge in [0.2, 0.25) is 0 Å². The predicted octanol–water partition coefficient (Wildman–Crippen LogP) is 2.85. The third kappa shape index (κ3) is 2.13. The van der Waals surface area contributed by atoms with Crippen molar-refractivity contribution in [1.29, 1.82) is 0 Å². The quantitative estimate of drug-likeness (QED) is 0.779. The van der Waals surface area contributed by atoms with E-state index in [-0.39, 0.29) is 11.4 Å². The summed E-state index contributed by atoms with van der Waals surface area (Å²) in [6, 6.07) is 7.82. The van der Waals surface area contributed by atoms with Gasteiger partial charge >= 0.3 is 0 Å². The molecule has 0 bridgehead atoms. The lowest BCUT2D eigenvalue weighted by molar-refractivity contribution is 0.627. The Morgan fingerprint density at radius 3 is 2.41 bits per heavy atom. The van der Waals surface area contributed by atoms with E-state index in [1.165, 1.54) is 12.1 Å². The van der Waals surface area contributed by atoms with Gasteiger partial charge in [-0.1, -0.05) is 6.92 Å². The normalized spacial score (nSPS) is 10.5. The lowest BCUT2D eigenvalue weighted by atomic mass is 10.1. The fourth-order valence-electron chi connectivity index (χ4n) is 1.90. The van der Waals surface area contributed by atoms with Crippen LogP contribution < -0.4 is 5.56 Å². The summed E-state index contributed by atoms with van der Waals surface area (Å²) in [7, 11) is 0. The molecule has 0 aliphatic rings. The van der Waals surface area contributed by atoms with Crippen molar-refractivity contribution in [2.45, 2.75) is 20.3 Å². The number of aryl methyl sites for hydroxylation is 1. The molecule has 2 rings (SSSR count). The molecule has 0 unspecified atom stereocenters. The first-order chi connectivity index (χ1) is 8.13. The van der Waals surface area contributed by atoms with Crippen LogP contribution in [-0.4, -0.2) is 4.57 Å². The number of hydrogen-bond donors (Lipinski definition) is 0. The van der Waals surface area contributed by atoms with Gasteiger partial charge < -0.3 is 0 Å². The molecule has 2 nitrogen and oxygen atoms in total. The first-order valence-electron chi connectivity index (χ1n) is 5.60. The zero-order valence-corrected chi connectivity index (χ0v) is 9.90.